The molecule has 8 nitrogen and oxygen atoms in total. The summed E-state index contributed by atoms with van der Waals surface area (Å²) in [5.41, 5.74) is -0.0782. The molecular weight excluding hydrogens is 494 g/mol. The van der Waals surface area contributed by atoms with Crippen LogP contribution in [0, 0.1) is 17.6 Å². The van der Waals surface area contributed by atoms with Gasteiger partial charge in [0.25, 0.3) is 5.91 Å². The molecule has 0 saturated heterocycles. The SMILES string of the molecule is COC(=O)[C@H](C)NC(=O)C1CC(S(=O)(=O)c2cc(C(=O)Nc3ccc(F)c(F)c3)ccc2Cl)C1. The first-order chi connectivity index (χ1) is 15.9. The van der Waals surface area contributed by atoms with Gasteiger partial charge in [-0.25, -0.2) is 22.0 Å². The standard InChI is InChI=1S/C22H21ClF2N2O6S/c1-11(22(30)33-2)26-21(29)13-7-15(8-13)34(31,32)19-9-12(3-5-16(19)23)20(28)27-14-4-6-17(24)18(25)10-14/h3-6,9-11,13,15H,7-8H2,1-2H3,(H,26,29)(H,27,28)/t11-,13?,15?/m0/s1. The van der Waals surface area contributed by atoms with Crippen LogP contribution in [0.4, 0.5) is 14.5 Å². The van der Waals surface area contributed by atoms with Crippen molar-refractivity contribution >= 4 is 44.9 Å². The number of ether oxygens (including phenoxy) is 1. The number of anilines is 1. The molecule has 0 aliphatic heterocycles. The first-order valence-corrected chi connectivity index (χ1v) is 12.0. The Hall–Kier alpha value is -3.05. The number of benzene rings is 2. The van der Waals surface area contributed by atoms with Crippen LogP contribution in [0.25, 0.3) is 0 Å². The number of rotatable bonds is 7. The van der Waals surface area contributed by atoms with Crippen molar-refractivity contribution in [3.8, 4) is 0 Å². The zero-order valence-electron chi connectivity index (χ0n) is 18.1. The van der Waals surface area contributed by atoms with Crippen molar-refractivity contribution in [3.63, 3.8) is 0 Å². The van der Waals surface area contributed by atoms with E-state index in [0.29, 0.717) is 0 Å². The summed E-state index contributed by atoms with van der Waals surface area (Å²) >= 11 is 6.09. The van der Waals surface area contributed by atoms with Gasteiger partial charge in [-0.3, -0.25) is 9.59 Å². The van der Waals surface area contributed by atoms with Gasteiger partial charge >= 0.3 is 5.97 Å². The molecule has 182 valence electrons. The average Bonchev–Trinajstić information content (AvgIpc) is 2.74. The molecule has 2 N–H and O–H groups in total. The van der Waals surface area contributed by atoms with Crippen molar-refractivity contribution in [2.45, 2.75) is 36.0 Å². The third kappa shape index (κ3) is 5.36. The number of nitrogens with one attached hydrogen (secondary N) is 2. The average molecular weight is 515 g/mol. The van der Waals surface area contributed by atoms with Crippen LogP contribution in [0.3, 0.4) is 0 Å². The highest BCUT2D eigenvalue weighted by Crippen LogP contribution is 2.38. The van der Waals surface area contributed by atoms with E-state index in [1.165, 1.54) is 26.2 Å². The Kier molecular flexibility index (Phi) is 7.57. The van der Waals surface area contributed by atoms with E-state index >= 15 is 0 Å². The second kappa shape index (κ2) is 10.1. The Balaban J connectivity index is 1.71. The van der Waals surface area contributed by atoms with Gasteiger partial charge < -0.3 is 15.4 Å². The summed E-state index contributed by atoms with van der Waals surface area (Å²) in [7, 11) is -2.80. The summed E-state index contributed by atoms with van der Waals surface area (Å²) in [6, 6.07) is 5.56. The number of hydrogen-bond acceptors (Lipinski definition) is 6. The zero-order chi connectivity index (χ0) is 25.2. The quantitative estimate of drug-likeness (QED) is 0.548. The third-order valence-corrected chi connectivity index (χ3v) is 8.15. The highest BCUT2D eigenvalue weighted by molar-refractivity contribution is 7.92. The molecule has 1 aliphatic rings. The molecule has 1 fully saturated rings. The maximum absolute atomic E-state index is 13.4. The van der Waals surface area contributed by atoms with Crippen LogP contribution in [0.2, 0.25) is 5.02 Å². The Bertz CT molecular complexity index is 1250. The smallest absolute Gasteiger partial charge is 0.328 e. The lowest BCUT2D eigenvalue weighted by atomic mass is 9.84. The van der Waals surface area contributed by atoms with E-state index in [0.717, 1.165) is 24.3 Å². The molecule has 2 amide bonds. The van der Waals surface area contributed by atoms with Gasteiger partial charge in [0.15, 0.2) is 21.5 Å². The zero-order valence-corrected chi connectivity index (χ0v) is 19.7. The fourth-order valence-corrected chi connectivity index (χ4v) is 5.82. The summed E-state index contributed by atoms with van der Waals surface area (Å²) in [6.07, 6.45) is 0.0351. The molecule has 0 radical (unpaired) electrons. The number of sulfone groups is 1. The molecule has 0 aromatic heterocycles. The lowest BCUT2D eigenvalue weighted by molar-refractivity contribution is -0.145. The molecule has 34 heavy (non-hydrogen) atoms. The molecule has 0 heterocycles. The summed E-state index contributed by atoms with van der Waals surface area (Å²) in [6.45, 7) is 1.45. The van der Waals surface area contributed by atoms with Crippen molar-refractivity contribution in [1.82, 2.24) is 5.32 Å². The van der Waals surface area contributed by atoms with E-state index in [2.05, 4.69) is 15.4 Å². The van der Waals surface area contributed by atoms with Crippen molar-refractivity contribution in [1.29, 1.82) is 0 Å². The summed E-state index contributed by atoms with van der Waals surface area (Å²) in [4.78, 5) is 35.9. The molecule has 1 atom stereocenters. The maximum atomic E-state index is 13.4. The molecule has 2 aromatic rings. The van der Waals surface area contributed by atoms with E-state index in [-0.39, 0.29) is 34.0 Å². The third-order valence-electron chi connectivity index (χ3n) is 5.50. The van der Waals surface area contributed by atoms with Crippen LogP contribution in [0.15, 0.2) is 41.3 Å². The molecule has 0 unspecified atom stereocenters. The van der Waals surface area contributed by atoms with Gasteiger partial charge in [-0.05, 0) is 50.1 Å². The minimum atomic E-state index is -3.98. The van der Waals surface area contributed by atoms with Crippen LogP contribution in [-0.2, 0) is 24.2 Å². The number of halogens is 3. The van der Waals surface area contributed by atoms with Gasteiger partial charge in [0.1, 0.15) is 6.04 Å². The van der Waals surface area contributed by atoms with E-state index < -0.39 is 56.5 Å². The maximum Gasteiger partial charge on any atom is 0.328 e. The van der Waals surface area contributed by atoms with Crippen LogP contribution in [0.5, 0.6) is 0 Å². The van der Waals surface area contributed by atoms with E-state index in [1.807, 2.05) is 0 Å². The molecule has 3 rings (SSSR count). The second-order valence-corrected chi connectivity index (χ2v) is 10.4. The predicted molar refractivity (Wildman–Crippen MR) is 119 cm³/mol. The van der Waals surface area contributed by atoms with Gasteiger partial charge in [-0.1, -0.05) is 11.6 Å². The number of methoxy groups -OCH3 is 1. The van der Waals surface area contributed by atoms with E-state index in [1.54, 1.807) is 0 Å². The first-order valence-electron chi connectivity index (χ1n) is 10.1. The van der Waals surface area contributed by atoms with Gasteiger partial charge in [-0.2, -0.15) is 0 Å². The van der Waals surface area contributed by atoms with Gasteiger partial charge in [0, 0.05) is 23.2 Å². The van der Waals surface area contributed by atoms with Crippen LogP contribution in [-0.4, -0.2) is 44.6 Å². The molecule has 1 saturated carbocycles. The van der Waals surface area contributed by atoms with E-state index in [9.17, 15) is 31.6 Å². The predicted octanol–water partition coefficient (Wildman–Crippen LogP) is 3.10. The molecule has 2 aromatic carbocycles. The molecule has 0 spiro atoms. The van der Waals surface area contributed by atoms with Crippen LogP contribution >= 0.6 is 11.6 Å². The summed E-state index contributed by atoms with van der Waals surface area (Å²) in [5, 5.41) is 3.83. The molecule has 1 aliphatic carbocycles. The van der Waals surface area contributed by atoms with Crippen molar-refractivity contribution in [3.05, 3.63) is 58.6 Å². The molecular formula is C22H21ClF2N2O6S. The molecule has 0 bridgehead atoms. The molecule has 12 heteroatoms. The first kappa shape index (κ1) is 25.6. The number of carbonyl (C=O) groups excluding carboxylic acids is 3. The van der Waals surface area contributed by atoms with Crippen molar-refractivity contribution in [2.24, 2.45) is 5.92 Å². The van der Waals surface area contributed by atoms with Gasteiger partial charge in [-0.15, -0.1) is 0 Å². The van der Waals surface area contributed by atoms with Gasteiger partial charge in [0.2, 0.25) is 5.91 Å². The Morgan fingerprint density at radius 3 is 2.38 bits per heavy atom. The highest BCUT2D eigenvalue weighted by atomic mass is 35.5. The monoisotopic (exact) mass is 514 g/mol. The van der Waals surface area contributed by atoms with Gasteiger partial charge in [0.05, 0.1) is 22.3 Å². The highest BCUT2D eigenvalue weighted by Gasteiger charge is 2.44. The normalized spacial score (nSPS) is 18.4. The van der Waals surface area contributed by atoms with E-state index in [4.69, 9.17) is 11.6 Å². The number of amides is 2. The number of hydrogen-bond donors (Lipinski definition) is 2. The Morgan fingerprint density at radius 1 is 1.09 bits per heavy atom. The fraction of sp³-hybridized carbons (Fsp3) is 0.318. The lowest BCUT2D eigenvalue weighted by Crippen LogP contribution is -2.48. The van der Waals surface area contributed by atoms with Crippen molar-refractivity contribution < 1.29 is 36.3 Å². The Morgan fingerprint density at radius 2 is 1.76 bits per heavy atom. The lowest BCUT2D eigenvalue weighted by Gasteiger charge is -2.34. The fourth-order valence-electron chi connectivity index (χ4n) is 3.42. The number of carbonyl (C=O) groups is 3. The van der Waals surface area contributed by atoms with Crippen LogP contribution in [0.1, 0.15) is 30.1 Å². The topological polar surface area (TPSA) is 119 Å². The Labute approximate surface area is 199 Å². The summed E-state index contributed by atoms with van der Waals surface area (Å²) < 4.78 is 57.2. The van der Waals surface area contributed by atoms with Crippen LogP contribution < -0.4 is 10.6 Å². The minimum Gasteiger partial charge on any atom is -0.467 e. The second-order valence-electron chi connectivity index (χ2n) is 7.82. The largest absolute Gasteiger partial charge is 0.467 e. The minimum absolute atomic E-state index is 0.0164. The number of esters is 1. The summed E-state index contributed by atoms with van der Waals surface area (Å²) in [5.74, 6) is -4.67. The van der Waals surface area contributed by atoms with Crippen molar-refractivity contribution in [2.75, 3.05) is 12.4 Å².